The minimum Gasteiger partial charge on any atom is -0.429 e. The van der Waals surface area contributed by atoms with Crippen LogP contribution in [0.3, 0.4) is 0 Å². The lowest BCUT2D eigenvalue weighted by molar-refractivity contribution is 0.0552. The molecular formula is C15H17NO4. The smallest absolute Gasteiger partial charge is 0.429 e. The zero-order valence-electron chi connectivity index (χ0n) is 11.4. The lowest BCUT2D eigenvalue weighted by atomic mass is 10.2. The van der Waals surface area contributed by atoms with E-state index in [1.807, 2.05) is 37.3 Å². The van der Waals surface area contributed by atoms with Crippen molar-refractivity contribution in [2.45, 2.75) is 26.0 Å². The fraction of sp³-hybridized carbons (Fsp3) is 0.333. The number of carbonyl (C=O) groups is 2. The molecule has 1 aliphatic rings. The zero-order valence-corrected chi connectivity index (χ0v) is 11.4. The number of ether oxygens (including phenoxy) is 2. The number of hydrogen-bond donors (Lipinski definition) is 0. The molecule has 2 rings (SSSR count). The van der Waals surface area contributed by atoms with Crippen LogP contribution in [0, 0.1) is 0 Å². The summed E-state index contributed by atoms with van der Waals surface area (Å²) in [7, 11) is 0. The van der Waals surface area contributed by atoms with Gasteiger partial charge in [-0.15, -0.1) is 0 Å². The largest absolute Gasteiger partial charge is 0.517 e. The molecule has 1 aromatic rings. The third-order valence-electron chi connectivity index (χ3n) is 3.11. The SMILES string of the molecule is C=C1C[C@H](C)N(C(=O)OC(=O)OCc2ccccc2)C1. The number of likely N-dealkylation sites (tertiary alicyclic amines) is 1. The van der Waals surface area contributed by atoms with Crippen LogP contribution >= 0.6 is 0 Å². The first-order valence-corrected chi connectivity index (χ1v) is 6.42. The van der Waals surface area contributed by atoms with E-state index in [0.29, 0.717) is 6.54 Å². The van der Waals surface area contributed by atoms with Crippen LogP contribution in [0.5, 0.6) is 0 Å². The maximum Gasteiger partial charge on any atom is 0.517 e. The van der Waals surface area contributed by atoms with Gasteiger partial charge in [-0.3, -0.25) is 0 Å². The van der Waals surface area contributed by atoms with E-state index in [0.717, 1.165) is 17.6 Å². The first-order chi connectivity index (χ1) is 9.56. The van der Waals surface area contributed by atoms with Crippen LogP contribution in [0.1, 0.15) is 18.9 Å². The second kappa shape index (κ2) is 6.23. The van der Waals surface area contributed by atoms with Crippen LogP contribution in [-0.4, -0.2) is 29.7 Å². The van der Waals surface area contributed by atoms with Gasteiger partial charge in [0.1, 0.15) is 6.61 Å². The van der Waals surface area contributed by atoms with E-state index in [1.165, 1.54) is 4.90 Å². The molecule has 1 atom stereocenters. The van der Waals surface area contributed by atoms with Crippen molar-refractivity contribution in [1.82, 2.24) is 4.90 Å². The predicted molar refractivity (Wildman–Crippen MR) is 73.0 cm³/mol. The first kappa shape index (κ1) is 14.1. The molecule has 0 aliphatic carbocycles. The molecule has 20 heavy (non-hydrogen) atoms. The van der Waals surface area contributed by atoms with Crippen molar-refractivity contribution < 1.29 is 19.1 Å². The monoisotopic (exact) mass is 275 g/mol. The second-order valence-electron chi connectivity index (χ2n) is 4.82. The third-order valence-corrected chi connectivity index (χ3v) is 3.11. The third kappa shape index (κ3) is 3.60. The Morgan fingerprint density at radius 2 is 2.05 bits per heavy atom. The van der Waals surface area contributed by atoms with Crippen molar-refractivity contribution in [3.8, 4) is 0 Å². The summed E-state index contributed by atoms with van der Waals surface area (Å²) in [6.45, 7) is 6.21. The van der Waals surface area contributed by atoms with Crippen molar-refractivity contribution in [3.63, 3.8) is 0 Å². The van der Waals surface area contributed by atoms with Crippen LogP contribution < -0.4 is 0 Å². The maximum absolute atomic E-state index is 11.8. The summed E-state index contributed by atoms with van der Waals surface area (Å²) in [6, 6.07) is 9.19. The molecule has 0 N–H and O–H groups in total. The van der Waals surface area contributed by atoms with Gasteiger partial charge < -0.3 is 14.4 Å². The molecule has 5 nitrogen and oxygen atoms in total. The molecule has 1 amide bonds. The molecule has 0 aromatic heterocycles. The predicted octanol–water partition coefficient (Wildman–Crippen LogP) is 3.11. The van der Waals surface area contributed by atoms with Crippen LogP contribution in [0.25, 0.3) is 0 Å². The Bertz CT molecular complexity index is 512. The van der Waals surface area contributed by atoms with Crippen LogP contribution in [-0.2, 0) is 16.1 Å². The van der Waals surface area contributed by atoms with Crippen molar-refractivity contribution >= 4 is 12.2 Å². The van der Waals surface area contributed by atoms with E-state index >= 15 is 0 Å². The fourth-order valence-electron chi connectivity index (χ4n) is 2.11. The van der Waals surface area contributed by atoms with Crippen LogP contribution in [0.15, 0.2) is 42.5 Å². The Hall–Kier alpha value is -2.30. The molecule has 1 heterocycles. The molecule has 0 bridgehead atoms. The van der Waals surface area contributed by atoms with E-state index in [9.17, 15) is 9.59 Å². The summed E-state index contributed by atoms with van der Waals surface area (Å²) in [5, 5.41) is 0. The summed E-state index contributed by atoms with van der Waals surface area (Å²) in [5.74, 6) is 0. The van der Waals surface area contributed by atoms with Crippen molar-refractivity contribution in [2.75, 3.05) is 6.54 Å². The Labute approximate surface area is 117 Å². The summed E-state index contributed by atoms with van der Waals surface area (Å²) >= 11 is 0. The molecular weight excluding hydrogens is 258 g/mol. The lowest BCUT2D eigenvalue weighted by Crippen LogP contribution is -2.35. The fourth-order valence-corrected chi connectivity index (χ4v) is 2.11. The minimum absolute atomic E-state index is 0.00285. The molecule has 1 fully saturated rings. The molecule has 0 spiro atoms. The average Bonchev–Trinajstić information content (AvgIpc) is 2.77. The Balaban J connectivity index is 1.80. The quantitative estimate of drug-likeness (QED) is 0.473. The molecule has 5 heteroatoms. The Kier molecular flexibility index (Phi) is 4.40. The highest BCUT2D eigenvalue weighted by Gasteiger charge is 2.30. The molecule has 0 unspecified atom stereocenters. The lowest BCUT2D eigenvalue weighted by Gasteiger charge is -2.19. The number of benzene rings is 1. The van der Waals surface area contributed by atoms with Crippen LogP contribution in [0.2, 0.25) is 0 Å². The van der Waals surface area contributed by atoms with Gasteiger partial charge in [-0.25, -0.2) is 9.59 Å². The average molecular weight is 275 g/mol. The van der Waals surface area contributed by atoms with Gasteiger partial charge in [0.05, 0.1) is 0 Å². The van der Waals surface area contributed by atoms with E-state index in [4.69, 9.17) is 4.74 Å². The topological polar surface area (TPSA) is 55.8 Å². The van der Waals surface area contributed by atoms with Gasteiger partial charge in [-0.05, 0) is 18.9 Å². The number of hydrogen-bond acceptors (Lipinski definition) is 4. The Morgan fingerprint density at radius 1 is 1.35 bits per heavy atom. The van der Waals surface area contributed by atoms with E-state index in [2.05, 4.69) is 11.3 Å². The number of carbonyl (C=O) groups excluding carboxylic acids is 2. The van der Waals surface area contributed by atoms with Crippen molar-refractivity contribution in [1.29, 1.82) is 0 Å². The normalized spacial score (nSPS) is 17.9. The van der Waals surface area contributed by atoms with Crippen LogP contribution in [0.4, 0.5) is 9.59 Å². The minimum atomic E-state index is -0.983. The van der Waals surface area contributed by atoms with Gasteiger partial charge in [-0.2, -0.15) is 0 Å². The van der Waals surface area contributed by atoms with E-state index in [1.54, 1.807) is 0 Å². The molecule has 0 saturated carbocycles. The highest BCUT2D eigenvalue weighted by molar-refractivity contribution is 5.81. The van der Waals surface area contributed by atoms with Gasteiger partial charge in [0.15, 0.2) is 0 Å². The summed E-state index contributed by atoms with van der Waals surface area (Å²) < 4.78 is 9.55. The summed E-state index contributed by atoms with van der Waals surface area (Å²) in [4.78, 5) is 24.7. The highest BCUT2D eigenvalue weighted by atomic mass is 16.7. The van der Waals surface area contributed by atoms with Gasteiger partial charge in [-0.1, -0.05) is 42.5 Å². The standard InChI is InChI=1S/C15H17NO4/c1-11-8-12(2)16(9-11)14(17)20-15(18)19-10-13-6-4-3-5-7-13/h3-7,12H,1,8-10H2,2H3/t12-/m0/s1. The van der Waals surface area contributed by atoms with Gasteiger partial charge in [0, 0.05) is 12.6 Å². The Morgan fingerprint density at radius 3 is 2.65 bits per heavy atom. The molecule has 1 saturated heterocycles. The number of amides is 1. The number of rotatable bonds is 2. The molecule has 106 valence electrons. The summed E-state index contributed by atoms with van der Waals surface area (Å²) in [6.07, 6.45) is -0.938. The van der Waals surface area contributed by atoms with Crippen molar-refractivity contribution in [3.05, 3.63) is 48.0 Å². The zero-order chi connectivity index (χ0) is 14.5. The number of nitrogens with zero attached hydrogens (tertiary/aromatic N) is 1. The molecule has 0 radical (unpaired) electrons. The maximum atomic E-state index is 11.8. The molecule has 1 aliphatic heterocycles. The molecule has 1 aromatic carbocycles. The second-order valence-corrected chi connectivity index (χ2v) is 4.82. The van der Waals surface area contributed by atoms with Gasteiger partial charge in [0.2, 0.25) is 0 Å². The van der Waals surface area contributed by atoms with E-state index in [-0.39, 0.29) is 12.6 Å². The highest BCUT2D eigenvalue weighted by Crippen LogP contribution is 2.21. The van der Waals surface area contributed by atoms with Crippen molar-refractivity contribution in [2.24, 2.45) is 0 Å². The van der Waals surface area contributed by atoms with Gasteiger partial charge in [0.25, 0.3) is 0 Å². The first-order valence-electron chi connectivity index (χ1n) is 6.42. The van der Waals surface area contributed by atoms with E-state index < -0.39 is 12.2 Å². The van der Waals surface area contributed by atoms with Gasteiger partial charge >= 0.3 is 12.2 Å². The summed E-state index contributed by atoms with van der Waals surface area (Å²) in [5.41, 5.74) is 1.78.